The van der Waals surface area contributed by atoms with E-state index >= 15 is 0 Å². The number of amides is 1. The highest BCUT2D eigenvalue weighted by molar-refractivity contribution is 6.30. The topological polar surface area (TPSA) is 77.6 Å². The van der Waals surface area contributed by atoms with Gasteiger partial charge < -0.3 is 5.32 Å². The van der Waals surface area contributed by atoms with Gasteiger partial charge in [-0.3, -0.25) is 14.5 Å². The van der Waals surface area contributed by atoms with Crippen molar-refractivity contribution >= 4 is 23.3 Å². The molecule has 33 heavy (non-hydrogen) atoms. The molecule has 1 amide bonds. The molecule has 8 heteroatoms. The fourth-order valence-corrected chi connectivity index (χ4v) is 3.56. The van der Waals surface area contributed by atoms with Crippen molar-refractivity contribution in [3.05, 3.63) is 114 Å². The molecule has 0 aliphatic rings. The first-order chi connectivity index (χ1) is 16.2. The first kappa shape index (κ1) is 20.7. The fourth-order valence-electron chi connectivity index (χ4n) is 3.43. The number of rotatable bonds is 6. The van der Waals surface area contributed by atoms with E-state index in [1.54, 1.807) is 46.2 Å². The van der Waals surface area contributed by atoms with E-state index < -0.39 is 0 Å². The Morgan fingerprint density at radius 3 is 2.45 bits per heavy atom. The molecule has 0 saturated heterocycles. The lowest BCUT2D eigenvalue weighted by atomic mass is 10.1. The van der Waals surface area contributed by atoms with Crippen molar-refractivity contribution in [1.29, 1.82) is 0 Å². The van der Waals surface area contributed by atoms with E-state index in [9.17, 15) is 4.79 Å². The van der Waals surface area contributed by atoms with Gasteiger partial charge in [-0.25, -0.2) is 4.68 Å². The second-order valence-corrected chi connectivity index (χ2v) is 7.79. The normalized spacial score (nSPS) is 10.8. The Balaban J connectivity index is 1.43. The van der Waals surface area contributed by atoms with Gasteiger partial charge in [0.1, 0.15) is 5.69 Å². The van der Waals surface area contributed by atoms with Gasteiger partial charge in [-0.1, -0.05) is 48.0 Å². The first-order valence-corrected chi connectivity index (χ1v) is 10.7. The number of hydrogen-bond acceptors (Lipinski definition) is 4. The van der Waals surface area contributed by atoms with Crippen LogP contribution in [0.5, 0.6) is 0 Å². The Bertz CT molecular complexity index is 1380. The van der Waals surface area contributed by atoms with Crippen LogP contribution in [0, 0.1) is 0 Å². The molecule has 162 valence electrons. The van der Waals surface area contributed by atoms with E-state index in [1.165, 1.54) is 0 Å². The largest absolute Gasteiger partial charge is 0.305 e. The first-order valence-electron chi connectivity index (χ1n) is 10.3. The number of anilines is 1. The smallest absolute Gasteiger partial charge is 0.260 e. The molecular weight excluding hydrogens is 436 g/mol. The summed E-state index contributed by atoms with van der Waals surface area (Å²) in [4.78, 5) is 17.5. The van der Waals surface area contributed by atoms with Crippen LogP contribution in [0.15, 0.2) is 97.5 Å². The van der Waals surface area contributed by atoms with Crippen molar-refractivity contribution in [1.82, 2.24) is 24.5 Å². The van der Waals surface area contributed by atoms with Crippen molar-refractivity contribution in [2.45, 2.75) is 6.54 Å². The summed E-state index contributed by atoms with van der Waals surface area (Å²) in [7, 11) is 0. The van der Waals surface area contributed by atoms with Gasteiger partial charge in [-0.15, -0.1) is 0 Å². The SMILES string of the molecule is O=C(Nc1ccn(Cc2ccccn2)n1)c1cn(-c2ccccc2)nc1-c1ccc(Cl)cc1. The minimum absolute atomic E-state index is 0.301. The minimum atomic E-state index is -0.301. The van der Waals surface area contributed by atoms with Crippen LogP contribution in [0.2, 0.25) is 5.02 Å². The quantitative estimate of drug-likeness (QED) is 0.388. The van der Waals surface area contributed by atoms with Crippen molar-refractivity contribution < 1.29 is 4.79 Å². The molecule has 0 aliphatic heterocycles. The van der Waals surface area contributed by atoms with Gasteiger partial charge >= 0.3 is 0 Å². The molecule has 7 nitrogen and oxygen atoms in total. The van der Waals surface area contributed by atoms with Gasteiger partial charge in [0.25, 0.3) is 5.91 Å². The highest BCUT2D eigenvalue weighted by atomic mass is 35.5. The van der Waals surface area contributed by atoms with Gasteiger partial charge in [0, 0.05) is 35.2 Å². The predicted molar refractivity (Wildman–Crippen MR) is 128 cm³/mol. The molecule has 0 aliphatic carbocycles. The average Bonchev–Trinajstić information content (AvgIpc) is 3.48. The number of halogens is 1. The molecule has 3 aromatic heterocycles. The van der Waals surface area contributed by atoms with E-state index in [2.05, 4.69) is 20.5 Å². The third kappa shape index (κ3) is 4.68. The second-order valence-electron chi connectivity index (χ2n) is 7.35. The number of carbonyl (C=O) groups excluding carboxylic acids is 1. The number of nitrogens with one attached hydrogen (secondary N) is 1. The van der Waals surface area contributed by atoms with Crippen LogP contribution in [-0.4, -0.2) is 30.5 Å². The summed E-state index contributed by atoms with van der Waals surface area (Å²) in [5.41, 5.74) is 3.51. The molecule has 0 radical (unpaired) electrons. The van der Waals surface area contributed by atoms with Crippen LogP contribution in [0.4, 0.5) is 5.82 Å². The Kier molecular flexibility index (Phi) is 5.70. The summed E-state index contributed by atoms with van der Waals surface area (Å²) in [6.07, 6.45) is 5.27. The lowest BCUT2D eigenvalue weighted by Crippen LogP contribution is -2.13. The number of para-hydroxylation sites is 1. The second kappa shape index (κ2) is 9.10. The predicted octanol–water partition coefficient (Wildman–Crippen LogP) is 5.08. The maximum atomic E-state index is 13.2. The Labute approximate surface area is 195 Å². The number of pyridine rings is 1. The number of benzene rings is 2. The number of nitrogens with zero attached hydrogens (tertiary/aromatic N) is 5. The average molecular weight is 455 g/mol. The molecule has 0 fully saturated rings. The molecule has 0 saturated carbocycles. The fraction of sp³-hybridized carbons (Fsp3) is 0.0400. The van der Waals surface area contributed by atoms with E-state index in [0.29, 0.717) is 28.6 Å². The van der Waals surface area contributed by atoms with E-state index in [4.69, 9.17) is 11.6 Å². The van der Waals surface area contributed by atoms with Crippen LogP contribution in [0.1, 0.15) is 16.1 Å². The van der Waals surface area contributed by atoms with Gasteiger partial charge in [0.05, 0.1) is 23.5 Å². The minimum Gasteiger partial charge on any atom is -0.305 e. The van der Waals surface area contributed by atoms with Crippen molar-refractivity contribution in [2.24, 2.45) is 0 Å². The molecule has 0 bridgehead atoms. The third-order valence-electron chi connectivity index (χ3n) is 5.03. The van der Waals surface area contributed by atoms with Crippen LogP contribution in [0.3, 0.4) is 0 Å². The molecule has 5 rings (SSSR count). The molecule has 0 spiro atoms. The Hall–Kier alpha value is -4.23. The van der Waals surface area contributed by atoms with Crippen LogP contribution >= 0.6 is 11.6 Å². The molecule has 2 aromatic carbocycles. The summed E-state index contributed by atoms with van der Waals surface area (Å²) in [5, 5.41) is 12.6. The van der Waals surface area contributed by atoms with Gasteiger partial charge in [-0.2, -0.15) is 10.2 Å². The zero-order chi connectivity index (χ0) is 22.6. The third-order valence-corrected chi connectivity index (χ3v) is 5.28. The Morgan fingerprint density at radius 2 is 1.70 bits per heavy atom. The highest BCUT2D eigenvalue weighted by Gasteiger charge is 2.19. The van der Waals surface area contributed by atoms with Gasteiger partial charge in [0.15, 0.2) is 5.82 Å². The van der Waals surface area contributed by atoms with Crippen LogP contribution in [0.25, 0.3) is 16.9 Å². The standard InChI is InChI=1S/C25H19ClN6O/c26-19-11-9-18(10-12-19)24-22(17-32(30-24)21-7-2-1-3-8-21)25(33)28-23-13-15-31(29-23)16-20-6-4-5-14-27-20/h1-15,17H,16H2,(H,28,29,33). The molecule has 1 N–H and O–H groups in total. The zero-order valence-electron chi connectivity index (χ0n) is 17.5. The van der Waals surface area contributed by atoms with Crippen LogP contribution < -0.4 is 5.32 Å². The van der Waals surface area contributed by atoms with E-state index in [0.717, 1.165) is 16.9 Å². The van der Waals surface area contributed by atoms with Gasteiger partial charge in [-0.05, 0) is 36.4 Å². The summed E-state index contributed by atoms with van der Waals surface area (Å²) in [6, 6.07) is 24.4. The van der Waals surface area contributed by atoms with Crippen molar-refractivity contribution in [3.63, 3.8) is 0 Å². The van der Waals surface area contributed by atoms with E-state index in [1.807, 2.05) is 60.7 Å². The molecule has 5 aromatic rings. The van der Waals surface area contributed by atoms with Gasteiger partial charge in [0.2, 0.25) is 0 Å². The maximum Gasteiger partial charge on any atom is 0.260 e. The summed E-state index contributed by atoms with van der Waals surface area (Å²) in [5.74, 6) is 0.149. The molecular formula is C25H19ClN6O. The maximum absolute atomic E-state index is 13.2. The molecule has 3 heterocycles. The monoisotopic (exact) mass is 454 g/mol. The molecule has 0 unspecified atom stereocenters. The summed E-state index contributed by atoms with van der Waals surface area (Å²) >= 11 is 6.05. The Morgan fingerprint density at radius 1 is 0.909 bits per heavy atom. The highest BCUT2D eigenvalue weighted by Crippen LogP contribution is 2.26. The lowest BCUT2D eigenvalue weighted by Gasteiger charge is -2.04. The van der Waals surface area contributed by atoms with Crippen LogP contribution in [-0.2, 0) is 6.54 Å². The summed E-state index contributed by atoms with van der Waals surface area (Å²) < 4.78 is 3.42. The number of carbonyl (C=O) groups is 1. The molecule has 0 atom stereocenters. The number of aromatic nitrogens is 5. The van der Waals surface area contributed by atoms with Crippen molar-refractivity contribution in [3.8, 4) is 16.9 Å². The lowest BCUT2D eigenvalue weighted by molar-refractivity contribution is 0.102. The van der Waals surface area contributed by atoms with Crippen molar-refractivity contribution in [2.75, 3.05) is 5.32 Å². The zero-order valence-corrected chi connectivity index (χ0v) is 18.2. The number of hydrogen-bond donors (Lipinski definition) is 1. The summed E-state index contributed by atoms with van der Waals surface area (Å²) in [6.45, 7) is 0.513. The van der Waals surface area contributed by atoms with E-state index in [-0.39, 0.29) is 5.91 Å².